The van der Waals surface area contributed by atoms with Gasteiger partial charge in [0.05, 0.1) is 13.2 Å². The molecule has 0 aromatic heterocycles. The maximum atomic E-state index is 14.9. The molecule has 2 saturated heterocycles. The van der Waals surface area contributed by atoms with Gasteiger partial charge in [0.15, 0.2) is 24.8 Å². The van der Waals surface area contributed by atoms with E-state index in [0.717, 1.165) is 141 Å². The molecule has 2 aliphatic heterocycles. The Labute approximate surface area is 698 Å². The van der Waals surface area contributed by atoms with E-state index in [9.17, 15) is 74.6 Å². The van der Waals surface area contributed by atoms with Gasteiger partial charge >= 0.3 is 31.7 Å². The normalized spacial score (nSPS) is 25.2. The van der Waals surface area contributed by atoms with Crippen LogP contribution in [-0.4, -0.2) is 205 Å². The average Bonchev–Trinajstić information content (AvgIpc) is 0.754. The number of allylic oxidation sites excluding steroid dienone is 4. The van der Waals surface area contributed by atoms with Crippen LogP contribution < -0.4 is 0 Å². The zero-order valence-corrected chi connectivity index (χ0v) is 73.2. The molecule has 0 bridgehead atoms. The number of aliphatic hydroxyl groups is 9. The molecule has 26 heteroatoms. The lowest BCUT2D eigenvalue weighted by Gasteiger charge is -2.50. The highest BCUT2D eigenvalue weighted by atomic mass is 31.2. The minimum Gasteiger partial charge on any atom is -0.463 e. The van der Waals surface area contributed by atoms with Gasteiger partial charge in [-0.15, -0.1) is 0 Å². The van der Waals surface area contributed by atoms with E-state index in [1.807, 2.05) is 0 Å². The van der Waals surface area contributed by atoms with Crippen molar-refractivity contribution in [2.24, 2.45) is 0 Å². The second-order valence-corrected chi connectivity index (χ2v) is 34.6. The van der Waals surface area contributed by atoms with E-state index in [1.54, 1.807) is 0 Å². The zero-order valence-electron chi connectivity index (χ0n) is 72.3. The third-order valence-corrected chi connectivity index (χ3v) is 23.7. The maximum Gasteiger partial charge on any atom is 0.472 e. The molecule has 0 amide bonds. The molecule has 18 atom stereocenters. The Morgan fingerprint density at radius 2 is 0.647 bits per heavy atom. The molecular formula is C90H165O25P. The highest BCUT2D eigenvalue weighted by Crippen LogP contribution is 2.49. The van der Waals surface area contributed by atoms with Crippen LogP contribution in [0.4, 0.5) is 0 Å². The van der Waals surface area contributed by atoms with Gasteiger partial charge in [0, 0.05) is 25.7 Å². The Hall–Kier alpha value is -3.05. The van der Waals surface area contributed by atoms with Crippen LogP contribution in [0.15, 0.2) is 24.3 Å². The second kappa shape index (κ2) is 69.4. The minimum atomic E-state index is -5.81. The number of esters is 4. The van der Waals surface area contributed by atoms with Gasteiger partial charge in [0.2, 0.25) is 0 Å². The number of hydrogen-bond donors (Lipinski definition) is 10. The molecule has 0 radical (unpaired) electrons. The summed E-state index contributed by atoms with van der Waals surface area (Å²) in [5.41, 5.74) is 0. The summed E-state index contributed by atoms with van der Waals surface area (Å²) in [6.45, 7) is 5.57. The van der Waals surface area contributed by atoms with Crippen LogP contribution in [0.5, 0.6) is 0 Å². The third kappa shape index (κ3) is 49.3. The number of carbonyl (C=O) groups is 4. The van der Waals surface area contributed by atoms with Gasteiger partial charge in [-0.05, 0) is 77.0 Å². The van der Waals surface area contributed by atoms with Crippen molar-refractivity contribution in [2.75, 3.05) is 26.4 Å². The molecule has 25 nitrogen and oxygen atoms in total. The molecule has 3 rings (SSSR count). The van der Waals surface area contributed by atoms with E-state index in [1.165, 1.54) is 161 Å². The van der Waals surface area contributed by atoms with Crippen LogP contribution in [0.3, 0.4) is 0 Å². The molecule has 116 heavy (non-hydrogen) atoms. The van der Waals surface area contributed by atoms with Crippen molar-refractivity contribution in [2.45, 2.75) is 498 Å². The number of aliphatic hydroxyl groups excluding tert-OH is 9. The summed E-state index contributed by atoms with van der Waals surface area (Å²) in [5.74, 6) is -2.98. The fraction of sp³-hybridized carbons (Fsp3) is 0.911. The van der Waals surface area contributed by atoms with Crippen LogP contribution in [0.2, 0.25) is 0 Å². The van der Waals surface area contributed by atoms with Crippen molar-refractivity contribution in [3.05, 3.63) is 24.3 Å². The van der Waals surface area contributed by atoms with E-state index in [-0.39, 0.29) is 32.1 Å². The monoisotopic (exact) mass is 1680 g/mol. The van der Waals surface area contributed by atoms with E-state index < -0.39 is 162 Å². The number of carbonyl (C=O) groups excluding carboxylic acids is 4. The van der Waals surface area contributed by atoms with Crippen molar-refractivity contribution in [3.8, 4) is 0 Å². The SMILES string of the molecule is CCCCCC/C=C\CCCCCCCCCC(=O)OCC1OC(OC2C(OC(=O)CCCCC/C=C\CCCCCCCC)C(O)C(O)C(OC3OC(CO)C(O)C(O)C3O)C2OP(=O)(O)OCC(COC(=O)CCCCCCCCCCCCCCCCCC)OC(=O)CCCCCCCCCCCCCCC)C(O)C(O)C1O. The van der Waals surface area contributed by atoms with Crippen LogP contribution >= 0.6 is 7.82 Å². The van der Waals surface area contributed by atoms with Gasteiger partial charge in [-0.3, -0.25) is 28.2 Å². The zero-order chi connectivity index (χ0) is 84.7. The van der Waals surface area contributed by atoms with Gasteiger partial charge in [-0.2, -0.15) is 0 Å². The molecule has 18 unspecified atom stereocenters. The van der Waals surface area contributed by atoms with Crippen LogP contribution in [-0.2, 0) is 70.7 Å². The molecule has 2 heterocycles. The summed E-state index contributed by atoms with van der Waals surface area (Å²) in [6, 6.07) is 0. The quantitative estimate of drug-likeness (QED) is 0.00889. The van der Waals surface area contributed by atoms with Crippen molar-refractivity contribution in [3.63, 3.8) is 0 Å². The van der Waals surface area contributed by atoms with E-state index in [0.29, 0.717) is 32.1 Å². The molecule has 0 spiro atoms. The van der Waals surface area contributed by atoms with Crippen molar-refractivity contribution >= 4 is 31.7 Å². The van der Waals surface area contributed by atoms with Gasteiger partial charge in [0.1, 0.15) is 92.6 Å². The maximum absolute atomic E-state index is 14.9. The predicted octanol–water partition coefficient (Wildman–Crippen LogP) is 16.9. The van der Waals surface area contributed by atoms with Crippen molar-refractivity contribution in [1.82, 2.24) is 0 Å². The molecule has 0 aromatic rings. The molecule has 3 fully saturated rings. The molecular weight excluding hydrogens is 1510 g/mol. The summed E-state index contributed by atoms with van der Waals surface area (Å²) in [4.78, 5) is 66.4. The average molecular weight is 1680 g/mol. The highest BCUT2D eigenvalue weighted by Gasteiger charge is 2.60. The Balaban J connectivity index is 1.91. The predicted molar refractivity (Wildman–Crippen MR) is 449 cm³/mol. The fourth-order valence-electron chi connectivity index (χ4n) is 15.2. The van der Waals surface area contributed by atoms with Gasteiger partial charge in [-0.25, -0.2) is 4.57 Å². The van der Waals surface area contributed by atoms with E-state index in [4.69, 9.17) is 46.9 Å². The Morgan fingerprint density at radius 1 is 0.336 bits per heavy atom. The summed E-state index contributed by atoms with van der Waals surface area (Å²) < 4.78 is 73.3. The largest absolute Gasteiger partial charge is 0.472 e. The summed E-state index contributed by atoms with van der Waals surface area (Å²) >= 11 is 0. The molecule has 1 saturated carbocycles. The third-order valence-electron chi connectivity index (χ3n) is 22.7. The fourth-order valence-corrected chi connectivity index (χ4v) is 16.2. The lowest BCUT2D eigenvalue weighted by Crippen LogP contribution is -2.70. The van der Waals surface area contributed by atoms with Gasteiger partial charge in [-0.1, -0.05) is 315 Å². The summed E-state index contributed by atoms with van der Waals surface area (Å²) in [6.07, 6.45) is 29.0. The molecule has 1 aliphatic carbocycles. The first-order valence-corrected chi connectivity index (χ1v) is 48.1. The van der Waals surface area contributed by atoms with Gasteiger partial charge in [0.25, 0.3) is 0 Å². The molecule has 680 valence electrons. The lowest BCUT2D eigenvalue weighted by atomic mass is 9.84. The van der Waals surface area contributed by atoms with Crippen LogP contribution in [0.25, 0.3) is 0 Å². The highest BCUT2D eigenvalue weighted by molar-refractivity contribution is 7.47. The number of hydrogen-bond acceptors (Lipinski definition) is 24. The van der Waals surface area contributed by atoms with E-state index >= 15 is 0 Å². The first-order valence-electron chi connectivity index (χ1n) is 46.6. The summed E-state index contributed by atoms with van der Waals surface area (Å²) in [5, 5.41) is 102. The van der Waals surface area contributed by atoms with Crippen LogP contribution in [0.1, 0.15) is 394 Å². The van der Waals surface area contributed by atoms with Gasteiger partial charge < -0.3 is 88.7 Å². The Bertz CT molecular complexity index is 2510. The van der Waals surface area contributed by atoms with Crippen molar-refractivity contribution in [1.29, 1.82) is 0 Å². The number of unbranched alkanes of at least 4 members (excludes halogenated alkanes) is 47. The molecule has 0 aromatic carbocycles. The first-order chi connectivity index (χ1) is 56.2. The number of phosphoric acid groups is 1. The van der Waals surface area contributed by atoms with Crippen LogP contribution in [0, 0.1) is 0 Å². The number of rotatable bonds is 75. The Kier molecular flexibility index (Phi) is 64.1. The first kappa shape index (κ1) is 107. The smallest absolute Gasteiger partial charge is 0.463 e. The number of ether oxygens (including phenoxy) is 8. The summed E-state index contributed by atoms with van der Waals surface area (Å²) in [7, 11) is -5.81. The molecule has 10 N–H and O–H groups in total. The standard InChI is InChI=1S/C90H165O25P/c1-5-9-13-17-21-25-29-33-35-37-41-42-46-50-54-58-62-73(92)106-67-70(109-75(94)64-60-56-52-48-44-38-31-27-23-19-15-11-7-3)68-108-116(104,105)115-88-86(113-89-83(102)79(98)77(96)71(66-91)110-89)82(101)81(100)85(112-76(95)65-61-57-53-49-45-39-32-28-24-20-16-12-8-4)87(88)114-90-84(103)80(99)78(97)72(111-90)69-107-74(93)63-59-55-51-47-43-40-36-34-30-26-22-18-14-10-6-2/h26,30,39,45,70-72,77-91,96-103H,5-25,27-29,31-38,40-44,46-69H2,1-4H3,(H,104,105)/b30-26-,45-39-. The topological polar surface area (TPSA) is 380 Å². The molecule has 3 aliphatic rings. The van der Waals surface area contributed by atoms with E-state index in [2.05, 4.69) is 52.0 Å². The minimum absolute atomic E-state index is 0.00819. The lowest BCUT2D eigenvalue weighted by molar-refractivity contribution is -0.360. The second-order valence-electron chi connectivity index (χ2n) is 33.2. The Morgan fingerprint density at radius 3 is 1.04 bits per heavy atom. The number of phosphoric ester groups is 1. The van der Waals surface area contributed by atoms with Crippen molar-refractivity contribution < 1.29 is 122 Å².